The molecule has 82 valence electrons. The molecular formula is C11H12ClFO2. The molecule has 0 saturated heterocycles. The normalized spacial score (nSPS) is 20.6. The van der Waals surface area contributed by atoms with E-state index in [0.717, 1.165) is 5.56 Å². The third-order valence-corrected chi connectivity index (χ3v) is 2.90. The van der Waals surface area contributed by atoms with E-state index >= 15 is 0 Å². The van der Waals surface area contributed by atoms with E-state index in [9.17, 15) is 4.39 Å². The molecule has 15 heavy (non-hydrogen) atoms. The second-order valence-electron chi connectivity index (χ2n) is 3.47. The summed E-state index contributed by atoms with van der Waals surface area (Å²) in [5.41, 5.74) is 1.43. The highest BCUT2D eigenvalue weighted by atomic mass is 35.5. The number of methoxy groups -OCH3 is 1. The van der Waals surface area contributed by atoms with Crippen LogP contribution in [0.5, 0.6) is 5.75 Å². The first kappa shape index (κ1) is 10.7. The molecule has 1 atom stereocenters. The number of hydrogen-bond acceptors (Lipinski definition) is 2. The highest BCUT2D eigenvalue weighted by Gasteiger charge is 2.21. The highest BCUT2D eigenvalue weighted by molar-refractivity contribution is 6.21. The lowest BCUT2D eigenvalue weighted by atomic mass is 10.0. The van der Waals surface area contributed by atoms with Crippen molar-refractivity contribution in [3.8, 4) is 5.75 Å². The second-order valence-corrected chi connectivity index (χ2v) is 4.00. The van der Waals surface area contributed by atoms with E-state index in [-0.39, 0.29) is 11.2 Å². The molecule has 1 unspecified atom stereocenters. The van der Waals surface area contributed by atoms with Crippen LogP contribution in [0.25, 0.3) is 0 Å². The summed E-state index contributed by atoms with van der Waals surface area (Å²) < 4.78 is 24.0. The van der Waals surface area contributed by atoms with Crippen LogP contribution in [0, 0.1) is 5.82 Å². The zero-order valence-electron chi connectivity index (χ0n) is 8.43. The maximum absolute atomic E-state index is 13.7. The van der Waals surface area contributed by atoms with Crippen molar-refractivity contribution < 1.29 is 13.9 Å². The topological polar surface area (TPSA) is 18.5 Å². The van der Waals surface area contributed by atoms with Gasteiger partial charge in [-0.05, 0) is 23.6 Å². The van der Waals surface area contributed by atoms with E-state index < -0.39 is 0 Å². The molecule has 1 aromatic carbocycles. The van der Waals surface area contributed by atoms with Crippen molar-refractivity contribution >= 4 is 11.6 Å². The first-order chi connectivity index (χ1) is 7.22. The van der Waals surface area contributed by atoms with Crippen molar-refractivity contribution in [3.05, 3.63) is 29.1 Å². The van der Waals surface area contributed by atoms with E-state index in [2.05, 4.69) is 0 Å². The third kappa shape index (κ3) is 2.08. The Kier molecular flexibility index (Phi) is 3.12. The molecule has 0 radical (unpaired) electrons. The lowest BCUT2D eigenvalue weighted by Gasteiger charge is -2.12. The van der Waals surface area contributed by atoms with Crippen molar-refractivity contribution in [1.82, 2.24) is 0 Å². The van der Waals surface area contributed by atoms with Crippen LogP contribution in [-0.4, -0.2) is 20.3 Å². The second kappa shape index (κ2) is 4.37. The van der Waals surface area contributed by atoms with Crippen LogP contribution < -0.4 is 4.74 Å². The van der Waals surface area contributed by atoms with E-state index in [4.69, 9.17) is 21.1 Å². The summed E-state index contributed by atoms with van der Waals surface area (Å²) in [6.07, 6.45) is 0.564. The number of alkyl halides is 1. The number of ether oxygens (including phenoxy) is 2. The molecule has 0 spiro atoms. The molecule has 0 aliphatic carbocycles. The quantitative estimate of drug-likeness (QED) is 0.691. The van der Waals surface area contributed by atoms with Crippen LogP contribution in [0.2, 0.25) is 0 Å². The van der Waals surface area contributed by atoms with Crippen LogP contribution in [0.3, 0.4) is 0 Å². The molecule has 0 aromatic heterocycles. The van der Waals surface area contributed by atoms with Gasteiger partial charge < -0.3 is 9.47 Å². The largest absolute Gasteiger partial charge is 0.497 e. The summed E-state index contributed by atoms with van der Waals surface area (Å²) in [7, 11) is 1.51. The molecule has 1 aliphatic rings. The SMILES string of the molecule is COc1cc(F)c2c(c1)C(Cl)COCC2. The fraction of sp³-hybridized carbons (Fsp3) is 0.455. The maximum atomic E-state index is 13.7. The first-order valence-corrected chi connectivity index (χ1v) is 5.24. The van der Waals surface area contributed by atoms with Crippen molar-refractivity contribution in [2.75, 3.05) is 20.3 Å². The van der Waals surface area contributed by atoms with Gasteiger partial charge in [-0.2, -0.15) is 0 Å². The van der Waals surface area contributed by atoms with Gasteiger partial charge in [-0.15, -0.1) is 11.6 Å². The average molecular weight is 231 g/mol. The van der Waals surface area contributed by atoms with E-state index in [1.165, 1.54) is 13.2 Å². The Morgan fingerprint density at radius 2 is 2.33 bits per heavy atom. The maximum Gasteiger partial charge on any atom is 0.130 e. The number of rotatable bonds is 1. The summed E-state index contributed by atoms with van der Waals surface area (Å²) >= 11 is 6.11. The predicted molar refractivity (Wildman–Crippen MR) is 56.1 cm³/mol. The zero-order valence-corrected chi connectivity index (χ0v) is 9.18. The van der Waals surface area contributed by atoms with Gasteiger partial charge in [0.15, 0.2) is 0 Å². The molecule has 1 aliphatic heterocycles. The number of halogens is 2. The lowest BCUT2D eigenvalue weighted by Crippen LogP contribution is -2.01. The van der Waals surface area contributed by atoms with Crippen LogP contribution >= 0.6 is 11.6 Å². The summed E-state index contributed by atoms with van der Waals surface area (Å²) in [6.45, 7) is 0.931. The Morgan fingerprint density at radius 1 is 1.53 bits per heavy atom. The summed E-state index contributed by atoms with van der Waals surface area (Å²) in [5, 5.41) is -0.299. The molecule has 4 heteroatoms. The molecule has 0 saturated carbocycles. The van der Waals surface area contributed by atoms with Gasteiger partial charge in [-0.25, -0.2) is 4.39 Å². The smallest absolute Gasteiger partial charge is 0.130 e. The van der Waals surface area contributed by atoms with Gasteiger partial charge >= 0.3 is 0 Å². The van der Waals surface area contributed by atoms with Crippen LogP contribution in [0.4, 0.5) is 4.39 Å². The van der Waals surface area contributed by atoms with E-state index in [0.29, 0.717) is 30.9 Å². The fourth-order valence-electron chi connectivity index (χ4n) is 1.74. The van der Waals surface area contributed by atoms with Crippen molar-refractivity contribution in [2.45, 2.75) is 11.8 Å². The molecule has 2 rings (SSSR count). The molecule has 0 N–H and O–H groups in total. The summed E-state index contributed by atoms with van der Waals surface area (Å²) in [6, 6.07) is 3.17. The van der Waals surface area contributed by atoms with Gasteiger partial charge in [-0.1, -0.05) is 0 Å². The monoisotopic (exact) mass is 230 g/mol. The van der Waals surface area contributed by atoms with Crippen molar-refractivity contribution in [1.29, 1.82) is 0 Å². The van der Waals surface area contributed by atoms with Crippen molar-refractivity contribution in [3.63, 3.8) is 0 Å². The Labute approximate surface area is 92.9 Å². The van der Waals surface area contributed by atoms with Crippen LogP contribution in [0.15, 0.2) is 12.1 Å². The molecule has 0 fully saturated rings. The Balaban J connectivity index is 2.50. The van der Waals surface area contributed by atoms with Crippen molar-refractivity contribution in [2.24, 2.45) is 0 Å². The fourth-order valence-corrected chi connectivity index (χ4v) is 2.03. The van der Waals surface area contributed by atoms with Gasteiger partial charge in [0, 0.05) is 6.07 Å². The molecular weight excluding hydrogens is 219 g/mol. The minimum absolute atomic E-state index is 0.263. The number of fused-ring (bicyclic) bond motifs is 1. The molecule has 0 bridgehead atoms. The minimum atomic E-state index is -0.299. The number of hydrogen-bond donors (Lipinski definition) is 0. The Hall–Kier alpha value is -0.800. The van der Waals surface area contributed by atoms with E-state index in [1.54, 1.807) is 6.07 Å². The predicted octanol–water partition coefficient (Wildman–Crippen LogP) is 2.69. The minimum Gasteiger partial charge on any atom is -0.497 e. The first-order valence-electron chi connectivity index (χ1n) is 4.80. The van der Waals surface area contributed by atoms with Gasteiger partial charge in [0.05, 0.1) is 25.7 Å². The molecule has 2 nitrogen and oxygen atoms in total. The third-order valence-electron chi connectivity index (χ3n) is 2.54. The van der Waals surface area contributed by atoms with Gasteiger partial charge in [-0.3, -0.25) is 0 Å². The zero-order chi connectivity index (χ0) is 10.8. The van der Waals surface area contributed by atoms with Gasteiger partial charge in [0.2, 0.25) is 0 Å². The van der Waals surface area contributed by atoms with Crippen LogP contribution in [-0.2, 0) is 11.2 Å². The van der Waals surface area contributed by atoms with Gasteiger partial charge in [0.1, 0.15) is 11.6 Å². The average Bonchev–Trinajstić information content (AvgIpc) is 2.41. The Bertz CT molecular complexity index is 368. The number of benzene rings is 1. The Morgan fingerprint density at radius 3 is 3.07 bits per heavy atom. The van der Waals surface area contributed by atoms with Crippen LogP contribution in [0.1, 0.15) is 16.5 Å². The van der Waals surface area contributed by atoms with E-state index in [1.807, 2.05) is 0 Å². The molecule has 0 amide bonds. The lowest BCUT2D eigenvalue weighted by molar-refractivity contribution is 0.143. The highest BCUT2D eigenvalue weighted by Crippen LogP contribution is 2.32. The standard InChI is InChI=1S/C11H12ClFO2/c1-14-7-4-9-8(11(13)5-7)2-3-15-6-10(9)12/h4-5,10H,2-3,6H2,1H3. The molecule has 1 aromatic rings. The van der Waals surface area contributed by atoms with Gasteiger partial charge in [0.25, 0.3) is 0 Å². The summed E-state index contributed by atoms with van der Waals surface area (Å²) in [5.74, 6) is 0.235. The summed E-state index contributed by atoms with van der Waals surface area (Å²) in [4.78, 5) is 0. The molecule has 1 heterocycles.